The van der Waals surface area contributed by atoms with Crippen molar-refractivity contribution in [3.63, 3.8) is 0 Å². The predicted octanol–water partition coefficient (Wildman–Crippen LogP) is 2.42. The number of esters is 1. The first-order valence-electron chi connectivity index (χ1n) is 16.9. The number of nitrogens with one attached hydrogen (secondary N) is 3. The standard InChI is InChI=1S/C34H56N6O6/c1-5-8-14-24(4)29-22-30(42)37-26(17-12-13-18-36-34(35)40(19-6-2)20-7-3)31(43)39-28(23-41)32(44)38-27(33(45)46-29)21-25-15-10-9-11-16-25/h9-11,15-16,24,26-29,41H,5-8,12-14,17-23H2,1-4H3,(H2,35,36)(H,37,42)(H,38,44)(H,39,43). The molecule has 12 nitrogen and oxygen atoms in total. The third-order valence-corrected chi connectivity index (χ3v) is 8.14. The molecule has 2 rings (SSSR count). The van der Waals surface area contributed by atoms with Gasteiger partial charge in [0, 0.05) is 26.1 Å². The van der Waals surface area contributed by atoms with Gasteiger partial charge in [-0.2, -0.15) is 0 Å². The molecule has 0 spiro atoms. The highest BCUT2D eigenvalue weighted by atomic mass is 16.5. The number of carbonyl (C=O) groups excluding carboxylic acids is 4. The molecule has 1 aliphatic rings. The number of guanidine groups is 1. The SMILES string of the molecule is CCCCC(C)C1CC(=O)NC(CCCCN=C(N)N(CCC)CCC)C(=O)NC(CO)C(=O)NC(Cc2ccccc2)C(=O)O1. The van der Waals surface area contributed by atoms with Gasteiger partial charge < -0.3 is 36.4 Å². The third-order valence-electron chi connectivity index (χ3n) is 8.14. The lowest BCUT2D eigenvalue weighted by atomic mass is 9.95. The Morgan fingerprint density at radius 3 is 2.22 bits per heavy atom. The van der Waals surface area contributed by atoms with Crippen LogP contribution in [0.2, 0.25) is 0 Å². The van der Waals surface area contributed by atoms with Crippen molar-refractivity contribution >= 4 is 29.7 Å². The Labute approximate surface area is 274 Å². The minimum Gasteiger partial charge on any atom is -0.460 e. The van der Waals surface area contributed by atoms with E-state index in [4.69, 9.17) is 10.5 Å². The van der Waals surface area contributed by atoms with Gasteiger partial charge in [-0.3, -0.25) is 19.4 Å². The number of cyclic esters (lactones) is 1. The molecular weight excluding hydrogens is 588 g/mol. The van der Waals surface area contributed by atoms with Crippen molar-refractivity contribution in [3.05, 3.63) is 35.9 Å². The molecule has 3 amide bonds. The summed E-state index contributed by atoms with van der Waals surface area (Å²) in [6.07, 6.45) is 5.24. The fraction of sp³-hybridized carbons (Fsp3) is 0.676. The zero-order valence-corrected chi connectivity index (χ0v) is 28.1. The van der Waals surface area contributed by atoms with Gasteiger partial charge in [-0.25, -0.2) is 4.79 Å². The van der Waals surface area contributed by atoms with E-state index in [1.54, 1.807) is 0 Å². The number of carbonyl (C=O) groups is 4. The molecular formula is C34H56N6O6. The summed E-state index contributed by atoms with van der Waals surface area (Å²) in [6, 6.07) is 5.79. The van der Waals surface area contributed by atoms with Crippen molar-refractivity contribution in [1.29, 1.82) is 0 Å². The molecule has 258 valence electrons. The Balaban J connectivity index is 2.25. The number of aliphatic hydroxyl groups is 1. The van der Waals surface area contributed by atoms with E-state index in [1.165, 1.54) is 0 Å². The molecule has 1 heterocycles. The van der Waals surface area contributed by atoms with Gasteiger partial charge in [0.05, 0.1) is 13.0 Å². The highest BCUT2D eigenvalue weighted by Gasteiger charge is 2.34. The van der Waals surface area contributed by atoms with Gasteiger partial charge >= 0.3 is 5.97 Å². The molecule has 0 bridgehead atoms. The molecule has 1 aromatic carbocycles. The summed E-state index contributed by atoms with van der Waals surface area (Å²) in [4.78, 5) is 60.1. The van der Waals surface area contributed by atoms with E-state index < -0.39 is 54.5 Å². The quantitative estimate of drug-likeness (QED) is 0.0789. The molecule has 0 aromatic heterocycles. The highest BCUT2D eigenvalue weighted by molar-refractivity contribution is 5.94. The fourth-order valence-electron chi connectivity index (χ4n) is 5.42. The summed E-state index contributed by atoms with van der Waals surface area (Å²) in [7, 11) is 0. The topological polar surface area (TPSA) is 175 Å². The molecule has 5 unspecified atom stereocenters. The average molecular weight is 645 g/mol. The monoisotopic (exact) mass is 644 g/mol. The maximum Gasteiger partial charge on any atom is 0.329 e. The van der Waals surface area contributed by atoms with Crippen molar-refractivity contribution in [3.8, 4) is 0 Å². The number of amides is 3. The maximum atomic E-state index is 13.5. The van der Waals surface area contributed by atoms with Crippen LogP contribution in [0.15, 0.2) is 35.3 Å². The minimum atomic E-state index is -1.33. The summed E-state index contributed by atoms with van der Waals surface area (Å²) in [6.45, 7) is 9.61. The van der Waals surface area contributed by atoms with E-state index in [9.17, 15) is 24.3 Å². The molecule has 1 aromatic rings. The van der Waals surface area contributed by atoms with Gasteiger partial charge in [-0.15, -0.1) is 0 Å². The molecule has 0 aliphatic carbocycles. The zero-order valence-electron chi connectivity index (χ0n) is 28.1. The van der Waals surface area contributed by atoms with E-state index in [0.717, 1.165) is 50.8 Å². The van der Waals surface area contributed by atoms with Gasteiger partial charge in [0.1, 0.15) is 24.2 Å². The fourth-order valence-corrected chi connectivity index (χ4v) is 5.42. The van der Waals surface area contributed by atoms with Crippen LogP contribution in [-0.4, -0.2) is 90.1 Å². The number of hydrogen-bond acceptors (Lipinski definition) is 7. The number of benzene rings is 1. The molecule has 0 saturated carbocycles. The molecule has 0 radical (unpaired) electrons. The van der Waals surface area contributed by atoms with E-state index in [1.807, 2.05) is 37.3 Å². The highest BCUT2D eigenvalue weighted by Crippen LogP contribution is 2.20. The van der Waals surface area contributed by atoms with Crippen LogP contribution in [0.3, 0.4) is 0 Å². The first kappa shape index (κ1) is 38.5. The lowest BCUT2D eigenvalue weighted by molar-refractivity contribution is -0.157. The van der Waals surface area contributed by atoms with Crippen LogP contribution in [0.25, 0.3) is 0 Å². The van der Waals surface area contributed by atoms with Crippen LogP contribution in [-0.2, 0) is 30.3 Å². The molecule has 5 atom stereocenters. The molecule has 1 aliphatic heterocycles. The van der Waals surface area contributed by atoms with Crippen LogP contribution < -0.4 is 21.7 Å². The number of unbranched alkanes of at least 4 members (excludes halogenated alkanes) is 2. The summed E-state index contributed by atoms with van der Waals surface area (Å²) in [5.74, 6) is -2.05. The second-order valence-corrected chi connectivity index (χ2v) is 12.1. The van der Waals surface area contributed by atoms with Gasteiger partial charge in [-0.1, -0.05) is 70.9 Å². The normalized spacial score (nSPS) is 22.3. The Hall–Kier alpha value is -3.67. The Morgan fingerprint density at radius 1 is 0.935 bits per heavy atom. The lowest BCUT2D eigenvalue weighted by Gasteiger charge is -2.27. The second-order valence-electron chi connectivity index (χ2n) is 12.1. The van der Waals surface area contributed by atoms with Crippen LogP contribution >= 0.6 is 0 Å². The van der Waals surface area contributed by atoms with E-state index >= 15 is 0 Å². The van der Waals surface area contributed by atoms with Crippen LogP contribution in [0, 0.1) is 5.92 Å². The van der Waals surface area contributed by atoms with Crippen molar-refractivity contribution < 1.29 is 29.0 Å². The van der Waals surface area contributed by atoms with Crippen molar-refractivity contribution in [2.24, 2.45) is 16.6 Å². The molecule has 1 fully saturated rings. The summed E-state index contributed by atoms with van der Waals surface area (Å²) in [5.41, 5.74) is 6.99. The number of rotatable bonds is 16. The van der Waals surface area contributed by atoms with Crippen molar-refractivity contribution in [2.45, 2.75) is 116 Å². The van der Waals surface area contributed by atoms with Gasteiger partial charge in [0.15, 0.2) is 5.96 Å². The summed E-state index contributed by atoms with van der Waals surface area (Å²) < 4.78 is 5.93. The summed E-state index contributed by atoms with van der Waals surface area (Å²) in [5, 5.41) is 18.1. The predicted molar refractivity (Wildman–Crippen MR) is 179 cm³/mol. The lowest BCUT2D eigenvalue weighted by Crippen LogP contribution is -2.57. The molecule has 46 heavy (non-hydrogen) atoms. The maximum absolute atomic E-state index is 13.5. The Kier molecular flexibility index (Phi) is 17.7. The first-order chi connectivity index (χ1) is 22.1. The van der Waals surface area contributed by atoms with Crippen molar-refractivity contribution in [2.75, 3.05) is 26.2 Å². The first-order valence-corrected chi connectivity index (χ1v) is 16.9. The summed E-state index contributed by atoms with van der Waals surface area (Å²) >= 11 is 0. The van der Waals surface area contributed by atoms with Crippen molar-refractivity contribution in [1.82, 2.24) is 20.9 Å². The molecule has 1 saturated heterocycles. The number of ether oxygens (including phenoxy) is 1. The number of nitrogens with two attached hydrogens (primary N) is 1. The van der Waals surface area contributed by atoms with E-state index in [2.05, 4.69) is 46.6 Å². The number of hydrogen-bond donors (Lipinski definition) is 5. The van der Waals surface area contributed by atoms with Crippen LogP contribution in [0.4, 0.5) is 0 Å². The average Bonchev–Trinajstić information content (AvgIpc) is 3.04. The second kappa shape index (κ2) is 21.2. The molecule has 12 heteroatoms. The van der Waals surface area contributed by atoms with Gasteiger partial charge in [0.25, 0.3) is 0 Å². The number of nitrogens with zero attached hydrogens (tertiary/aromatic N) is 2. The Morgan fingerprint density at radius 2 is 1.59 bits per heavy atom. The van der Waals surface area contributed by atoms with E-state index in [-0.39, 0.29) is 25.2 Å². The zero-order chi connectivity index (χ0) is 33.9. The largest absolute Gasteiger partial charge is 0.460 e. The van der Waals surface area contributed by atoms with Crippen LogP contribution in [0.1, 0.15) is 91.0 Å². The van der Waals surface area contributed by atoms with Gasteiger partial charge in [-0.05, 0) is 50.0 Å². The Bertz CT molecular complexity index is 1110. The van der Waals surface area contributed by atoms with Crippen LogP contribution in [0.5, 0.6) is 0 Å². The smallest absolute Gasteiger partial charge is 0.329 e. The third kappa shape index (κ3) is 13.4. The number of aliphatic hydroxyl groups excluding tert-OH is 1. The molecule has 6 N–H and O–H groups in total. The minimum absolute atomic E-state index is 0.124. The van der Waals surface area contributed by atoms with Gasteiger partial charge in [0.2, 0.25) is 17.7 Å². The van der Waals surface area contributed by atoms with E-state index in [0.29, 0.717) is 25.3 Å². The number of aliphatic imine (C=N–C) groups is 1.